The van der Waals surface area contributed by atoms with Crippen LogP contribution in [0, 0.1) is 5.92 Å². The van der Waals surface area contributed by atoms with Gasteiger partial charge in [0.05, 0.1) is 0 Å². The van der Waals surface area contributed by atoms with Crippen LogP contribution in [0.15, 0.2) is 0 Å². The van der Waals surface area contributed by atoms with Crippen molar-refractivity contribution in [1.29, 1.82) is 0 Å². The molecule has 0 aromatic carbocycles. The highest BCUT2D eigenvalue weighted by molar-refractivity contribution is 6.28. The van der Waals surface area contributed by atoms with Gasteiger partial charge in [-0.1, -0.05) is 33.1 Å². The fourth-order valence-corrected chi connectivity index (χ4v) is 2.71. The molecule has 1 heterocycles. The Morgan fingerprint density at radius 1 is 1.25 bits per heavy atom. The molecule has 0 unspecified atom stereocenters. The predicted octanol–water partition coefficient (Wildman–Crippen LogP) is 3.64. The summed E-state index contributed by atoms with van der Waals surface area (Å²) in [6.07, 6.45) is 6.77. The summed E-state index contributed by atoms with van der Waals surface area (Å²) in [5, 5.41) is 8.69. The van der Waals surface area contributed by atoms with E-state index in [1.54, 1.807) is 0 Å². The van der Waals surface area contributed by atoms with Gasteiger partial charge in [0.15, 0.2) is 0 Å². The molecule has 1 aliphatic carbocycles. The van der Waals surface area contributed by atoms with Crippen molar-refractivity contribution in [2.45, 2.75) is 58.4 Å². The van der Waals surface area contributed by atoms with Crippen molar-refractivity contribution >= 4 is 11.6 Å². The molecule has 0 saturated heterocycles. The number of hydrogen-bond donors (Lipinski definition) is 0. The second-order valence-corrected chi connectivity index (χ2v) is 5.43. The van der Waals surface area contributed by atoms with Gasteiger partial charge >= 0.3 is 0 Å². The van der Waals surface area contributed by atoms with E-state index in [0.29, 0.717) is 11.2 Å². The minimum absolute atomic E-state index is 0.392. The lowest BCUT2D eigenvalue weighted by Gasteiger charge is -2.23. The molecule has 1 saturated carbocycles. The van der Waals surface area contributed by atoms with Gasteiger partial charge in [0.1, 0.15) is 5.82 Å². The maximum absolute atomic E-state index is 6.10. The molecule has 90 valence electrons. The third-order valence-corrected chi connectivity index (χ3v) is 3.70. The number of halogens is 1. The molecule has 0 radical (unpaired) electrons. The van der Waals surface area contributed by atoms with E-state index in [4.69, 9.17) is 11.6 Å². The zero-order valence-corrected chi connectivity index (χ0v) is 10.9. The number of aromatic nitrogens is 3. The second kappa shape index (κ2) is 5.17. The Labute approximate surface area is 102 Å². The Balaban J connectivity index is 2.09. The average Bonchev–Trinajstić information content (AvgIpc) is 2.62. The molecule has 1 aliphatic rings. The average molecular weight is 242 g/mol. The molecule has 0 bridgehead atoms. The molecule has 0 spiro atoms. The van der Waals surface area contributed by atoms with Gasteiger partial charge in [-0.05, 0) is 30.4 Å². The first-order valence-electron chi connectivity index (χ1n) is 6.27. The molecular formula is C12H20ClN3. The van der Waals surface area contributed by atoms with Crippen LogP contribution in [-0.2, 0) is 6.54 Å². The van der Waals surface area contributed by atoms with Crippen LogP contribution in [0.25, 0.3) is 0 Å². The van der Waals surface area contributed by atoms with E-state index in [2.05, 4.69) is 28.6 Å². The quantitative estimate of drug-likeness (QED) is 0.809. The van der Waals surface area contributed by atoms with Crippen molar-refractivity contribution in [2.75, 3.05) is 0 Å². The number of hydrogen-bond acceptors (Lipinski definition) is 2. The van der Waals surface area contributed by atoms with Gasteiger partial charge in [-0.3, -0.25) is 0 Å². The van der Waals surface area contributed by atoms with Gasteiger partial charge in [0, 0.05) is 12.5 Å². The fraction of sp³-hybridized carbons (Fsp3) is 0.833. The molecule has 0 N–H and O–H groups in total. The Kier molecular flexibility index (Phi) is 3.85. The third kappa shape index (κ3) is 2.57. The van der Waals surface area contributed by atoms with Gasteiger partial charge in [0.25, 0.3) is 0 Å². The molecule has 1 fully saturated rings. The summed E-state index contributed by atoms with van der Waals surface area (Å²) in [7, 11) is 0. The lowest BCUT2D eigenvalue weighted by Crippen LogP contribution is -2.16. The van der Waals surface area contributed by atoms with Crippen molar-refractivity contribution in [3.63, 3.8) is 0 Å². The summed E-state index contributed by atoms with van der Waals surface area (Å²) in [5.74, 6) is 2.18. The van der Waals surface area contributed by atoms with Crippen molar-refractivity contribution < 1.29 is 0 Å². The molecule has 0 atom stereocenters. The summed E-state index contributed by atoms with van der Waals surface area (Å²) >= 11 is 6.10. The van der Waals surface area contributed by atoms with Gasteiger partial charge in [-0.15, -0.1) is 10.2 Å². The van der Waals surface area contributed by atoms with Crippen molar-refractivity contribution in [3.05, 3.63) is 11.1 Å². The number of nitrogens with zero attached hydrogens (tertiary/aromatic N) is 3. The van der Waals surface area contributed by atoms with Crippen LogP contribution in [-0.4, -0.2) is 14.8 Å². The van der Waals surface area contributed by atoms with Crippen molar-refractivity contribution in [3.8, 4) is 0 Å². The lowest BCUT2D eigenvalue weighted by molar-refractivity contribution is 0.314. The second-order valence-electron chi connectivity index (χ2n) is 5.10. The highest BCUT2D eigenvalue weighted by Crippen LogP contribution is 2.27. The third-order valence-electron chi connectivity index (χ3n) is 3.42. The van der Waals surface area contributed by atoms with Crippen LogP contribution in [0.1, 0.15) is 57.7 Å². The summed E-state index contributed by atoms with van der Waals surface area (Å²) in [4.78, 5) is 0. The Bertz CT molecular complexity index is 340. The van der Waals surface area contributed by atoms with Crippen LogP contribution in [0.5, 0.6) is 0 Å². The van der Waals surface area contributed by atoms with Crippen LogP contribution in [0.4, 0.5) is 0 Å². The topological polar surface area (TPSA) is 30.7 Å². The Morgan fingerprint density at radius 3 is 2.56 bits per heavy atom. The van der Waals surface area contributed by atoms with Crippen LogP contribution < -0.4 is 0 Å². The van der Waals surface area contributed by atoms with Crippen molar-refractivity contribution in [1.82, 2.24) is 14.8 Å². The minimum Gasteiger partial charge on any atom is -0.301 e. The van der Waals surface area contributed by atoms with Gasteiger partial charge in [-0.25, -0.2) is 0 Å². The number of rotatable bonds is 3. The largest absolute Gasteiger partial charge is 0.301 e. The predicted molar refractivity (Wildman–Crippen MR) is 65.7 cm³/mol. The summed E-state index contributed by atoms with van der Waals surface area (Å²) < 4.78 is 2.10. The normalized spacial score (nSPS) is 18.2. The van der Waals surface area contributed by atoms with Crippen LogP contribution >= 0.6 is 11.6 Å². The van der Waals surface area contributed by atoms with Gasteiger partial charge in [-0.2, -0.15) is 0 Å². The Hall–Kier alpha value is -0.570. The molecule has 1 aromatic rings. The molecule has 2 rings (SSSR count). The smallest absolute Gasteiger partial charge is 0.225 e. The molecule has 16 heavy (non-hydrogen) atoms. The van der Waals surface area contributed by atoms with Crippen molar-refractivity contribution in [2.24, 2.45) is 5.92 Å². The fourth-order valence-electron chi connectivity index (χ4n) is 2.52. The maximum Gasteiger partial charge on any atom is 0.225 e. The van der Waals surface area contributed by atoms with Crippen LogP contribution in [0.3, 0.4) is 0 Å². The molecule has 3 nitrogen and oxygen atoms in total. The van der Waals surface area contributed by atoms with E-state index >= 15 is 0 Å². The molecule has 0 amide bonds. The zero-order chi connectivity index (χ0) is 11.5. The van der Waals surface area contributed by atoms with Gasteiger partial charge in [0.2, 0.25) is 5.28 Å². The van der Waals surface area contributed by atoms with E-state index in [0.717, 1.165) is 18.3 Å². The summed E-state index contributed by atoms with van der Waals surface area (Å²) in [6.45, 7) is 5.27. The highest BCUT2D eigenvalue weighted by Gasteiger charge is 2.19. The van der Waals surface area contributed by atoms with Crippen LogP contribution in [0.2, 0.25) is 5.28 Å². The first-order valence-corrected chi connectivity index (χ1v) is 6.65. The standard InChI is InChI=1S/C12H20ClN3/c1-9(2)11-14-15-12(13)16(11)8-10-6-4-3-5-7-10/h9-10H,3-8H2,1-2H3. The first-order chi connectivity index (χ1) is 7.68. The lowest BCUT2D eigenvalue weighted by atomic mass is 9.89. The van der Waals surface area contributed by atoms with E-state index in [9.17, 15) is 0 Å². The molecular weight excluding hydrogens is 222 g/mol. The summed E-state index contributed by atoms with van der Waals surface area (Å²) in [5.41, 5.74) is 0. The van der Waals surface area contributed by atoms with Gasteiger partial charge < -0.3 is 4.57 Å². The Morgan fingerprint density at radius 2 is 1.94 bits per heavy atom. The van der Waals surface area contributed by atoms with E-state index in [-0.39, 0.29) is 0 Å². The first kappa shape index (κ1) is 11.9. The minimum atomic E-state index is 0.392. The van der Waals surface area contributed by atoms with E-state index < -0.39 is 0 Å². The molecule has 1 aromatic heterocycles. The highest BCUT2D eigenvalue weighted by atomic mass is 35.5. The zero-order valence-electron chi connectivity index (χ0n) is 10.1. The summed E-state index contributed by atoms with van der Waals surface area (Å²) in [6, 6.07) is 0. The van der Waals surface area contributed by atoms with E-state index in [1.807, 2.05) is 0 Å². The maximum atomic E-state index is 6.10. The SMILES string of the molecule is CC(C)c1nnc(Cl)n1CC1CCCCC1. The molecule has 4 heteroatoms. The molecule has 0 aliphatic heterocycles. The monoisotopic (exact) mass is 241 g/mol. The van der Waals surface area contributed by atoms with E-state index in [1.165, 1.54) is 32.1 Å².